The number of carbonyl (C=O) groups is 2. The van der Waals surface area contributed by atoms with Crippen LogP contribution in [0.1, 0.15) is 21.5 Å². The molecule has 0 heterocycles. The van der Waals surface area contributed by atoms with Crippen LogP contribution < -0.4 is 20.1 Å². The molecule has 0 saturated heterocycles. The van der Waals surface area contributed by atoms with Crippen LogP contribution >= 0.6 is 0 Å². The monoisotopic (exact) mass is 404 g/mol. The Morgan fingerprint density at radius 3 is 2.17 bits per heavy atom. The highest BCUT2D eigenvalue weighted by atomic mass is 16.5. The summed E-state index contributed by atoms with van der Waals surface area (Å²) in [7, 11) is 3.06. The van der Waals surface area contributed by atoms with Gasteiger partial charge in [-0.15, -0.1) is 0 Å². The molecule has 3 rings (SSSR count). The summed E-state index contributed by atoms with van der Waals surface area (Å²) in [5.74, 6) is 0.733. The number of nitrogens with one attached hydrogen (secondary N) is 2. The van der Waals surface area contributed by atoms with E-state index in [9.17, 15) is 9.59 Å². The highest BCUT2D eigenvalue weighted by molar-refractivity contribution is 6.04. The van der Waals surface area contributed by atoms with Gasteiger partial charge >= 0.3 is 0 Å². The Hall–Kier alpha value is -3.80. The lowest BCUT2D eigenvalue weighted by atomic mass is 10.1. The van der Waals surface area contributed by atoms with Crippen LogP contribution in [0.5, 0.6) is 11.5 Å². The maximum Gasteiger partial charge on any atom is 0.255 e. The van der Waals surface area contributed by atoms with E-state index in [0.29, 0.717) is 29.3 Å². The summed E-state index contributed by atoms with van der Waals surface area (Å²) < 4.78 is 10.4. The number of carbonyl (C=O) groups excluding carboxylic acids is 2. The molecule has 3 aromatic rings. The lowest BCUT2D eigenvalue weighted by Crippen LogP contribution is -2.24. The molecule has 0 spiro atoms. The van der Waals surface area contributed by atoms with Crippen molar-refractivity contribution in [1.29, 1.82) is 0 Å². The Balaban J connectivity index is 1.55. The van der Waals surface area contributed by atoms with Crippen LogP contribution in [0, 0.1) is 0 Å². The minimum atomic E-state index is -0.260. The van der Waals surface area contributed by atoms with Crippen molar-refractivity contribution >= 4 is 17.5 Å². The van der Waals surface area contributed by atoms with Gasteiger partial charge in [-0.25, -0.2) is 0 Å². The molecule has 0 aromatic heterocycles. The van der Waals surface area contributed by atoms with Gasteiger partial charge in [-0.05, 0) is 41.5 Å². The Labute approximate surface area is 175 Å². The van der Waals surface area contributed by atoms with E-state index in [0.717, 1.165) is 11.1 Å². The number of anilines is 1. The third-order valence-electron chi connectivity index (χ3n) is 4.55. The van der Waals surface area contributed by atoms with Crippen molar-refractivity contribution < 1.29 is 19.1 Å². The van der Waals surface area contributed by atoms with E-state index in [-0.39, 0.29) is 18.2 Å². The third-order valence-corrected chi connectivity index (χ3v) is 4.55. The number of amides is 2. The standard InChI is InChI=1S/C24H24N2O4/c1-29-21-13-10-19(15-22(21)30-2)24(28)26-20-11-8-17(9-12-20)14-23(27)25-16-18-6-4-3-5-7-18/h3-13,15H,14,16H2,1-2H3,(H,25,27)(H,26,28). The van der Waals surface area contributed by atoms with Crippen LogP contribution in [-0.2, 0) is 17.8 Å². The van der Waals surface area contributed by atoms with Crippen LogP contribution in [0.15, 0.2) is 72.8 Å². The molecule has 6 heteroatoms. The van der Waals surface area contributed by atoms with E-state index >= 15 is 0 Å². The number of ether oxygens (including phenoxy) is 2. The summed E-state index contributed by atoms with van der Waals surface area (Å²) in [6.45, 7) is 0.499. The maximum absolute atomic E-state index is 12.5. The van der Waals surface area contributed by atoms with Crippen molar-refractivity contribution in [2.45, 2.75) is 13.0 Å². The van der Waals surface area contributed by atoms with Gasteiger partial charge in [0.1, 0.15) is 0 Å². The Morgan fingerprint density at radius 1 is 0.800 bits per heavy atom. The topological polar surface area (TPSA) is 76.7 Å². The van der Waals surface area contributed by atoms with Gasteiger partial charge in [0.25, 0.3) is 5.91 Å². The van der Waals surface area contributed by atoms with E-state index < -0.39 is 0 Å². The molecule has 0 bridgehead atoms. The summed E-state index contributed by atoms with van der Waals surface area (Å²) in [5, 5.41) is 5.74. The molecule has 3 aromatic carbocycles. The number of rotatable bonds is 8. The first kappa shape index (κ1) is 20.9. The average Bonchev–Trinajstić information content (AvgIpc) is 2.79. The molecule has 2 amide bonds. The molecular weight excluding hydrogens is 380 g/mol. The second-order valence-electron chi connectivity index (χ2n) is 6.66. The van der Waals surface area contributed by atoms with Gasteiger partial charge in [-0.1, -0.05) is 42.5 Å². The van der Waals surface area contributed by atoms with Crippen LogP contribution in [-0.4, -0.2) is 26.0 Å². The highest BCUT2D eigenvalue weighted by Gasteiger charge is 2.11. The number of hydrogen-bond donors (Lipinski definition) is 2. The molecule has 0 aliphatic rings. The first-order valence-electron chi connectivity index (χ1n) is 9.52. The number of hydrogen-bond acceptors (Lipinski definition) is 4. The molecule has 0 atom stereocenters. The summed E-state index contributed by atoms with van der Waals surface area (Å²) in [6.07, 6.45) is 0.275. The van der Waals surface area contributed by atoms with Crippen molar-refractivity contribution in [1.82, 2.24) is 5.32 Å². The zero-order chi connectivity index (χ0) is 21.3. The number of methoxy groups -OCH3 is 2. The maximum atomic E-state index is 12.5. The predicted octanol–water partition coefficient (Wildman–Crippen LogP) is 3.82. The van der Waals surface area contributed by atoms with E-state index in [1.807, 2.05) is 42.5 Å². The average molecular weight is 404 g/mol. The summed E-state index contributed by atoms with van der Waals surface area (Å²) in [5.41, 5.74) is 3.02. The van der Waals surface area contributed by atoms with Gasteiger partial charge in [0.05, 0.1) is 20.6 Å². The SMILES string of the molecule is COc1ccc(C(=O)Nc2ccc(CC(=O)NCc3ccccc3)cc2)cc1OC. The minimum Gasteiger partial charge on any atom is -0.493 e. The highest BCUT2D eigenvalue weighted by Crippen LogP contribution is 2.27. The van der Waals surface area contributed by atoms with E-state index in [1.165, 1.54) is 7.11 Å². The first-order chi connectivity index (χ1) is 14.6. The van der Waals surface area contributed by atoms with Gasteiger partial charge in [-0.2, -0.15) is 0 Å². The van der Waals surface area contributed by atoms with Crippen molar-refractivity contribution in [3.8, 4) is 11.5 Å². The molecule has 6 nitrogen and oxygen atoms in total. The van der Waals surface area contributed by atoms with Crippen molar-refractivity contribution in [3.63, 3.8) is 0 Å². The Morgan fingerprint density at radius 2 is 1.50 bits per heavy atom. The molecule has 0 saturated carbocycles. The Bertz CT molecular complexity index is 1000. The molecule has 0 fully saturated rings. The lowest BCUT2D eigenvalue weighted by Gasteiger charge is -2.10. The first-order valence-corrected chi connectivity index (χ1v) is 9.52. The van der Waals surface area contributed by atoms with Crippen LogP contribution in [0.4, 0.5) is 5.69 Å². The smallest absolute Gasteiger partial charge is 0.255 e. The predicted molar refractivity (Wildman–Crippen MR) is 116 cm³/mol. The molecule has 0 radical (unpaired) electrons. The molecule has 0 aliphatic carbocycles. The van der Waals surface area contributed by atoms with Gasteiger partial charge in [0, 0.05) is 17.8 Å². The summed E-state index contributed by atoms with van der Waals surface area (Å²) >= 11 is 0. The molecular formula is C24H24N2O4. The van der Waals surface area contributed by atoms with Crippen molar-refractivity contribution in [2.24, 2.45) is 0 Å². The van der Waals surface area contributed by atoms with Crippen LogP contribution in [0.25, 0.3) is 0 Å². The van der Waals surface area contributed by atoms with Crippen LogP contribution in [0.2, 0.25) is 0 Å². The fourth-order valence-electron chi connectivity index (χ4n) is 2.93. The third kappa shape index (κ3) is 5.61. The van der Waals surface area contributed by atoms with Gasteiger partial charge in [-0.3, -0.25) is 9.59 Å². The summed E-state index contributed by atoms with van der Waals surface area (Å²) in [6, 6.07) is 21.9. The zero-order valence-corrected chi connectivity index (χ0v) is 17.0. The molecule has 30 heavy (non-hydrogen) atoms. The molecule has 154 valence electrons. The van der Waals surface area contributed by atoms with Gasteiger partial charge < -0.3 is 20.1 Å². The fraction of sp³-hybridized carbons (Fsp3) is 0.167. The second-order valence-corrected chi connectivity index (χ2v) is 6.66. The number of benzene rings is 3. The molecule has 0 unspecified atom stereocenters. The lowest BCUT2D eigenvalue weighted by molar-refractivity contribution is -0.120. The molecule has 2 N–H and O–H groups in total. The van der Waals surface area contributed by atoms with Crippen LogP contribution in [0.3, 0.4) is 0 Å². The Kier molecular flexibility index (Phi) is 7.05. The van der Waals surface area contributed by atoms with Crippen molar-refractivity contribution in [3.05, 3.63) is 89.5 Å². The normalized spacial score (nSPS) is 10.2. The molecule has 0 aliphatic heterocycles. The van der Waals surface area contributed by atoms with E-state index in [1.54, 1.807) is 37.4 Å². The fourth-order valence-corrected chi connectivity index (χ4v) is 2.93. The van der Waals surface area contributed by atoms with Gasteiger partial charge in [0.15, 0.2) is 11.5 Å². The largest absolute Gasteiger partial charge is 0.493 e. The minimum absolute atomic E-state index is 0.0547. The summed E-state index contributed by atoms with van der Waals surface area (Å²) in [4.78, 5) is 24.6. The van der Waals surface area contributed by atoms with E-state index in [4.69, 9.17) is 9.47 Å². The van der Waals surface area contributed by atoms with Crippen molar-refractivity contribution in [2.75, 3.05) is 19.5 Å². The quantitative estimate of drug-likeness (QED) is 0.599. The van der Waals surface area contributed by atoms with Gasteiger partial charge in [0.2, 0.25) is 5.91 Å². The zero-order valence-electron chi connectivity index (χ0n) is 17.0. The second kappa shape index (κ2) is 10.1. The van der Waals surface area contributed by atoms with E-state index in [2.05, 4.69) is 10.6 Å².